The normalized spacial score (nSPS) is 20.8. The monoisotopic (exact) mass is 173 g/mol. The number of ether oxygens (including phenoxy) is 1. The van der Waals surface area contributed by atoms with Gasteiger partial charge in [0.1, 0.15) is 6.10 Å². The second-order valence-electron chi connectivity index (χ2n) is 3.53. The molecule has 0 radical (unpaired) electrons. The minimum absolute atomic E-state index is 0.353. The minimum Gasteiger partial charge on any atom is -0.368 e. The van der Waals surface area contributed by atoms with Crippen molar-refractivity contribution in [3.63, 3.8) is 0 Å². The predicted molar refractivity (Wildman–Crippen MR) is 51.6 cm³/mol. The summed E-state index contributed by atoms with van der Waals surface area (Å²) in [4.78, 5) is 0. The molecule has 2 aromatic rings. The van der Waals surface area contributed by atoms with Crippen molar-refractivity contribution in [3.05, 3.63) is 36.0 Å². The van der Waals surface area contributed by atoms with E-state index < -0.39 is 0 Å². The van der Waals surface area contributed by atoms with Gasteiger partial charge in [-0.3, -0.25) is 0 Å². The van der Waals surface area contributed by atoms with Crippen molar-refractivity contribution in [1.82, 2.24) is 4.57 Å². The van der Waals surface area contributed by atoms with Crippen molar-refractivity contribution in [3.8, 4) is 0 Å². The molecular weight excluding hydrogens is 162 g/mol. The number of rotatable bonds is 1. The molecule has 2 heteroatoms. The van der Waals surface area contributed by atoms with Gasteiger partial charge >= 0.3 is 0 Å². The maximum Gasteiger partial charge on any atom is 0.107 e. The molecule has 1 fully saturated rings. The highest BCUT2D eigenvalue weighted by Gasteiger charge is 2.26. The molecule has 1 aliphatic rings. The van der Waals surface area contributed by atoms with Crippen LogP contribution in [-0.2, 0) is 11.8 Å². The van der Waals surface area contributed by atoms with Crippen molar-refractivity contribution in [2.24, 2.45) is 7.05 Å². The van der Waals surface area contributed by atoms with Gasteiger partial charge in [0.25, 0.3) is 0 Å². The van der Waals surface area contributed by atoms with Crippen LogP contribution in [0.15, 0.2) is 30.5 Å². The zero-order chi connectivity index (χ0) is 8.84. The SMILES string of the molecule is Cn1ccc2c(C3CO3)cccc21. The van der Waals surface area contributed by atoms with E-state index >= 15 is 0 Å². The molecule has 1 aromatic heterocycles. The minimum atomic E-state index is 0.353. The number of nitrogens with zero attached hydrogens (tertiary/aromatic N) is 1. The van der Waals surface area contributed by atoms with E-state index in [2.05, 4.69) is 42.1 Å². The molecular formula is C11H11NO. The first-order chi connectivity index (χ1) is 6.36. The summed E-state index contributed by atoms with van der Waals surface area (Å²) in [7, 11) is 2.07. The summed E-state index contributed by atoms with van der Waals surface area (Å²) in [5.74, 6) is 0. The van der Waals surface area contributed by atoms with Crippen LogP contribution in [-0.4, -0.2) is 11.2 Å². The lowest BCUT2D eigenvalue weighted by molar-refractivity contribution is 0.417. The lowest BCUT2D eigenvalue weighted by atomic mass is 10.1. The maximum absolute atomic E-state index is 5.30. The van der Waals surface area contributed by atoms with Crippen molar-refractivity contribution in [2.75, 3.05) is 6.61 Å². The molecule has 1 unspecified atom stereocenters. The second kappa shape index (κ2) is 2.36. The summed E-state index contributed by atoms with van der Waals surface area (Å²) in [5.41, 5.74) is 2.62. The molecule has 0 saturated carbocycles. The Morgan fingerprint density at radius 2 is 2.23 bits per heavy atom. The fourth-order valence-electron chi connectivity index (χ4n) is 1.83. The van der Waals surface area contributed by atoms with Crippen LogP contribution in [0.3, 0.4) is 0 Å². The van der Waals surface area contributed by atoms with Gasteiger partial charge in [-0.2, -0.15) is 0 Å². The number of hydrogen-bond acceptors (Lipinski definition) is 1. The topological polar surface area (TPSA) is 17.5 Å². The molecule has 2 heterocycles. The zero-order valence-electron chi connectivity index (χ0n) is 7.53. The average Bonchev–Trinajstić information content (AvgIpc) is 2.92. The first-order valence-corrected chi connectivity index (χ1v) is 4.52. The molecule has 0 bridgehead atoms. The van der Waals surface area contributed by atoms with E-state index in [0.29, 0.717) is 6.10 Å². The van der Waals surface area contributed by atoms with E-state index in [4.69, 9.17) is 4.74 Å². The van der Waals surface area contributed by atoms with Crippen LogP contribution in [0.1, 0.15) is 11.7 Å². The van der Waals surface area contributed by atoms with Gasteiger partial charge in [-0.15, -0.1) is 0 Å². The summed E-state index contributed by atoms with van der Waals surface area (Å²) in [5, 5.41) is 1.33. The number of fused-ring (bicyclic) bond motifs is 1. The maximum atomic E-state index is 5.30. The molecule has 13 heavy (non-hydrogen) atoms. The van der Waals surface area contributed by atoms with Gasteiger partial charge in [-0.05, 0) is 17.7 Å². The molecule has 66 valence electrons. The van der Waals surface area contributed by atoms with Gasteiger partial charge in [0, 0.05) is 24.1 Å². The van der Waals surface area contributed by atoms with E-state index in [0.717, 1.165) is 6.61 Å². The molecule has 1 aliphatic heterocycles. The van der Waals surface area contributed by atoms with Crippen molar-refractivity contribution in [1.29, 1.82) is 0 Å². The summed E-state index contributed by atoms with van der Waals surface area (Å²) in [6.07, 6.45) is 2.45. The standard InChI is InChI=1S/C11H11NO/c1-12-6-5-8-9(11-7-13-11)3-2-4-10(8)12/h2-6,11H,7H2,1H3. The van der Waals surface area contributed by atoms with Gasteiger partial charge in [-0.1, -0.05) is 12.1 Å². The third kappa shape index (κ3) is 0.988. The van der Waals surface area contributed by atoms with Crippen LogP contribution in [0.25, 0.3) is 10.9 Å². The summed E-state index contributed by atoms with van der Waals surface area (Å²) < 4.78 is 7.44. The average molecular weight is 173 g/mol. The fourth-order valence-corrected chi connectivity index (χ4v) is 1.83. The number of epoxide rings is 1. The Morgan fingerprint density at radius 1 is 1.38 bits per heavy atom. The van der Waals surface area contributed by atoms with Gasteiger partial charge in [-0.25, -0.2) is 0 Å². The van der Waals surface area contributed by atoms with E-state index in [9.17, 15) is 0 Å². The first-order valence-electron chi connectivity index (χ1n) is 4.52. The quantitative estimate of drug-likeness (QED) is 0.604. The predicted octanol–water partition coefficient (Wildman–Crippen LogP) is 2.25. The highest BCUT2D eigenvalue weighted by atomic mass is 16.6. The lowest BCUT2D eigenvalue weighted by Gasteiger charge is -1.99. The first kappa shape index (κ1) is 7.15. The fraction of sp³-hybridized carbons (Fsp3) is 0.273. The Morgan fingerprint density at radius 3 is 3.00 bits per heavy atom. The summed E-state index contributed by atoms with van der Waals surface area (Å²) in [6, 6.07) is 8.55. The smallest absolute Gasteiger partial charge is 0.107 e. The Kier molecular flexibility index (Phi) is 1.30. The largest absolute Gasteiger partial charge is 0.368 e. The van der Waals surface area contributed by atoms with Gasteiger partial charge < -0.3 is 9.30 Å². The number of aryl methyl sites for hydroxylation is 1. The molecule has 0 N–H and O–H groups in total. The van der Waals surface area contributed by atoms with Crippen LogP contribution < -0.4 is 0 Å². The zero-order valence-corrected chi connectivity index (χ0v) is 7.53. The molecule has 1 aromatic carbocycles. The lowest BCUT2D eigenvalue weighted by Crippen LogP contribution is -1.85. The Hall–Kier alpha value is -1.28. The summed E-state index contributed by atoms with van der Waals surface area (Å²) >= 11 is 0. The molecule has 0 spiro atoms. The van der Waals surface area contributed by atoms with Gasteiger partial charge in [0.2, 0.25) is 0 Å². The van der Waals surface area contributed by atoms with E-state index in [1.54, 1.807) is 0 Å². The Labute approximate surface area is 76.7 Å². The van der Waals surface area contributed by atoms with Crippen LogP contribution in [0.4, 0.5) is 0 Å². The Bertz CT molecular complexity index is 454. The van der Waals surface area contributed by atoms with E-state index in [1.165, 1.54) is 16.5 Å². The Balaban J connectivity index is 2.33. The van der Waals surface area contributed by atoms with Crippen molar-refractivity contribution >= 4 is 10.9 Å². The second-order valence-corrected chi connectivity index (χ2v) is 3.53. The van der Waals surface area contributed by atoms with Gasteiger partial charge in [0.05, 0.1) is 6.61 Å². The van der Waals surface area contributed by atoms with E-state index in [-0.39, 0.29) is 0 Å². The highest BCUT2D eigenvalue weighted by Crippen LogP contribution is 2.34. The molecule has 0 aliphatic carbocycles. The molecule has 2 nitrogen and oxygen atoms in total. The third-order valence-corrected chi connectivity index (χ3v) is 2.64. The van der Waals surface area contributed by atoms with Crippen LogP contribution >= 0.6 is 0 Å². The molecule has 0 amide bonds. The molecule has 3 rings (SSSR count). The van der Waals surface area contributed by atoms with Crippen molar-refractivity contribution < 1.29 is 4.74 Å². The van der Waals surface area contributed by atoms with E-state index in [1.807, 2.05) is 0 Å². The number of hydrogen-bond donors (Lipinski definition) is 0. The van der Waals surface area contributed by atoms with Crippen molar-refractivity contribution in [2.45, 2.75) is 6.10 Å². The molecule has 1 saturated heterocycles. The van der Waals surface area contributed by atoms with Crippen LogP contribution in [0.5, 0.6) is 0 Å². The number of benzene rings is 1. The third-order valence-electron chi connectivity index (χ3n) is 2.64. The number of aromatic nitrogens is 1. The van der Waals surface area contributed by atoms with Gasteiger partial charge in [0.15, 0.2) is 0 Å². The van der Waals surface area contributed by atoms with Crippen LogP contribution in [0, 0.1) is 0 Å². The van der Waals surface area contributed by atoms with Crippen LogP contribution in [0.2, 0.25) is 0 Å². The summed E-state index contributed by atoms with van der Waals surface area (Å²) in [6.45, 7) is 0.883. The molecule has 1 atom stereocenters. The highest BCUT2D eigenvalue weighted by molar-refractivity contribution is 5.84.